The third-order valence-electron chi connectivity index (χ3n) is 2.98. The van der Waals surface area contributed by atoms with Gasteiger partial charge in [0.25, 0.3) is 0 Å². The van der Waals surface area contributed by atoms with Gasteiger partial charge in [-0.05, 0) is 32.6 Å². The molecule has 0 aromatic rings. The lowest BCUT2D eigenvalue weighted by molar-refractivity contribution is -0.0236. The van der Waals surface area contributed by atoms with Crippen LogP contribution in [0.3, 0.4) is 0 Å². The second-order valence-corrected chi connectivity index (χ2v) is 4.55. The second kappa shape index (κ2) is 7.50. The Bertz CT molecular complexity index is 240. The van der Waals surface area contributed by atoms with E-state index in [0.717, 1.165) is 51.3 Å². The summed E-state index contributed by atoms with van der Waals surface area (Å²) in [6.07, 6.45) is 3.81. The Hall–Kier alpha value is -0.810. The largest absolute Gasteiger partial charge is 0.388 e. The van der Waals surface area contributed by atoms with Crippen LogP contribution in [0, 0.1) is 0 Å². The van der Waals surface area contributed by atoms with E-state index in [9.17, 15) is 5.11 Å². The van der Waals surface area contributed by atoms with Gasteiger partial charge in [0.15, 0.2) is 5.96 Å². The molecule has 1 aliphatic rings. The highest BCUT2D eigenvalue weighted by Gasteiger charge is 2.34. The second-order valence-electron chi connectivity index (χ2n) is 4.55. The first-order valence-electron chi connectivity index (χ1n) is 6.44. The van der Waals surface area contributed by atoms with Crippen molar-refractivity contribution in [1.82, 2.24) is 10.6 Å². The molecule has 1 fully saturated rings. The first kappa shape index (κ1) is 14.3. The summed E-state index contributed by atoms with van der Waals surface area (Å²) in [5.41, 5.74) is -0.547. The highest BCUT2D eigenvalue weighted by Crippen LogP contribution is 2.31. The van der Waals surface area contributed by atoms with Gasteiger partial charge < -0.3 is 20.5 Å². The average Bonchev–Trinajstić information content (AvgIpc) is 2.29. The number of guanidine groups is 1. The molecule has 0 aromatic heterocycles. The SMILES string of the molecule is CCNC(=NCC1(O)CCC1)NCCCOC. The van der Waals surface area contributed by atoms with Crippen LogP contribution in [0.4, 0.5) is 0 Å². The third kappa shape index (κ3) is 5.37. The first-order valence-corrected chi connectivity index (χ1v) is 6.44. The van der Waals surface area contributed by atoms with Crippen LogP contribution in [0.1, 0.15) is 32.6 Å². The van der Waals surface area contributed by atoms with Gasteiger partial charge in [-0.1, -0.05) is 0 Å². The predicted octanol–water partition coefficient (Wildman–Crippen LogP) is 0.493. The number of methoxy groups -OCH3 is 1. The van der Waals surface area contributed by atoms with E-state index in [0.29, 0.717) is 6.54 Å². The number of hydrogen-bond acceptors (Lipinski definition) is 3. The first-order chi connectivity index (χ1) is 8.20. The number of nitrogens with one attached hydrogen (secondary N) is 2. The highest BCUT2D eigenvalue weighted by atomic mass is 16.5. The Labute approximate surface area is 104 Å². The molecule has 5 heteroatoms. The number of nitrogens with zero attached hydrogens (tertiary/aromatic N) is 1. The van der Waals surface area contributed by atoms with Crippen LogP contribution in [0.5, 0.6) is 0 Å². The van der Waals surface area contributed by atoms with Crippen molar-refractivity contribution in [3.63, 3.8) is 0 Å². The maximum Gasteiger partial charge on any atom is 0.191 e. The molecule has 0 aliphatic heterocycles. The number of ether oxygens (including phenoxy) is 1. The Morgan fingerprint density at radius 1 is 1.41 bits per heavy atom. The smallest absolute Gasteiger partial charge is 0.191 e. The van der Waals surface area contributed by atoms with Crippen molar-refractivity contribution in [2.24, 2.45) is 4.99 Å². The third-order valence-corrected chi connectivity index (χ3v) is 2.98. The quantitative estimate of drug-likeness (QED) is 0.346. The minimum Gasteiger partial charge on any atom is -0.388 e. The minimum atomic E-state index is -0.547. The fourth-order valence-corrected chi connectivity index (χ4v) is 1.73. The summed E-state index contributed by atoms with van der Waals surface area (Å²) in [5.74, 6) is 0.781. The molecule has 1 saturated carbocycles. The molecule has 0 unspecified atom stereocenters. The number of hydrogen-bond donors (Lipinski definition) is 3. The van der Waals surface area contributed by atoms with Crippen LogP contribution >= 0.6 is 0 Å². The van der Waals surface area contributed by atoms with Crippen LogP contribution in [0.2, 0.25) is 0 Å². The van der Waals surface area contributed by atoms with Crippen LogP contribution in [0.15, 0.2) is 4.99 Å². The van der Waals surface area contributed by atoms with Crippen molar-refractivity contribution >= 4 is 5.96 Å². The summed E-state index contributed by atoms with van der Waals surface area (Å²) in [4.78, 5) is 4.41. The molecule has 0 spiro atoms. The van der Waals surface area contributed by atoms with Gasteiger partial charge in [0.2, 0.25) is 0 Å². The van der Waals surface area contributed by atoms with Crippen LogP contribution < -0.4 is 10.6 Å². The van der Waals surface area contributed by atoms with E-state index in [-0.39, 0.29) is 0 Å². The summed E-state index contributed by atoms with van der Waals surface area (Å²) >= 11 is 0. The van der Waals surface area contributed by atoms with Crippen molar-refractivity contribution < 1.29 is 9.84 Å². The fraction of sp³-hybridized carbons (Fsp3) is 0.917. The normalized spacial score (nSPS) is 18.6. The van der Waals surface area contributed by atoms with Crippen molar-refractivity contribution in [1.29, 1.82) is 0 Å². The minimum absolute atomic E-state index is 0.493. The molecule has 0 aromatic carbocycles. The van der Waals surface area contributed by atoms with Crippen molar-refractivity contribution in [2.75, 3.05) is 33.4 Å². The van der Waals surface area contributed by atoms with E-state index in [1.54, 1.807) is 7.11 Å². The topological polar surface area (TPSA) is 65.9 Å². The van der Waals surface area contributed by atoms with Crippen molar-refractivity contribution in [3.8, 4) is 0 Å². The molecule has 0 saturated heterocycles. The van der Waals surface area contributed by atoms with E-state index in [1.807, 2.05) is 6.92 Å². The number of aliphatic hydroxyl groups is 1. The zero-order valence-corrected chi connectivity index (χ0v) is 11.0. The fourth-order valence-electron chi connectivity index (χ4n) is 1.73. The molecule has 0 amide bonds. The standard InChI is InChI=1S/C12H25N3O2/c1-3-13-11(14-8-5-9-17-2)15-10-12(16)6-4-7-12/h16H,3-10H2,1-2H3,(H2,13,14,15). The van der Waals surface area contributed by atoms with Crippen molar-refractivity contribution in [3.05, 3.63) is 0 Å². The maximum absolute atomic E-state index is 9.95. The molecular weight excluding hydrogens is 218 g/mol. The van der Waals surface area contributed by atoms with Gasteiger partial charge in [0.1, 0.15) is 0 Å². The zero-order chi connectivity index (χ0) is 12.6. The van der Waals surface area contributed by atoms with Crippen LogP contribution in [0.25, 0.3) is 0 Å². The molecule has 0 heterocycles. The molecule has 100 valence electrons. The van der Waals surface area contributed by atoms with Crippen LogP contribution in [-0.2, 0) is 4.74 Å². The Balaban J connectivity index is 2.27. The molecule has 3 N–H and O–H groups in total. The van der Waals surface area contributed by atoms with Gasteiger partial charge in [-0.25, -0.2) is 0 Å². The molecule has 17 heavy (non-hydrogen) atoms. The van der Waals surface area contributed by atoms with E-state index in [2.05, 4.69) is 15.6 Å². The number of rotatable bonds is 7. The molecule has 0 radical (unpaired) electrons. The average molecular weight is 243 g/mol. The molecule has 1 aliphatic carbocycles. The zero-order valence-electron chi connectivity index (χ0n) is 11.0. The molecule has 0 atom stereocenters. The Kier molecular flexibility index (Phi) is 6.29. The van der Waals surface area contributed by atoms with Gasteiger partial charge in [0.05, 0.1) is 12.1 Å². The van der Waals surface area contributed by atoms with Gasteiger partial charge in [-0.2, -0.15) is 0 Å². The predicted molar refractivity (Wildman–Crippen MR) is 69.3 cm³/mol. The molecular formula is C12H25N3O2. The van der Waals surface area contributed by atoms with E-state index < -0.39 is 5.60 Å². The van der Waals surface area contributed by atoms with Gasteiger partial charge in [-0.3, -0.25) is 4.99 Å². The van der Waals surface area contributed by atoms with E-state index >= 15 is 0 Å². The number of aliphatic imine (C=N–C) groups is 1. The lowest BCUT2D eigenvalue weighted by atomic mass is 9.80. The molecule has 0 bridgehead atoms. The summed E-state index contributed by atoms with van der Waals surface area (Å²) in [5, 5.41) is 16.3. The van der Waals surface area contributed by atoms with Crippen LogP contribution in [-0.4, -0.2) is 50.0 Å². The monoisotopic (exact) mass is 243 g/mol. The highest BCUT2D eigenvalue weighted by molar-refractivity contribution is 5.79. The summed E-state index contributed by atoms with van der Waals surface area (Å²) in [6.45, 7) is 4.93. The maximum atomic E-state index is 9.95. The Morgan fingerprint density at radius 3 is 2.71 bits per heavy atom. The van der Waals surface area contributed by atoms with Gasteiger partial charge >= 0.3 is 0 Å². The van der Waals surface area contributed by atoms with Gasteiger partial charge in [0, 0.05) is 26.8 Å². The Morgan fingerprint density at radius 2 is 2.18 bits per heavy atom. The van der Waals surface area contributed by atoms with E-state index in [1.165, 1.54) is 0 Å². The lowest BCUT2D eigenvalue weighted by Gasteiger charge is -2.35. The van der Waals surface area contributed by atoms with E-state index in [4.69, 9.17) is 4.74 Å². The van der Waals surface area contributed by atoms with Crippen molar-refractivity contribution in [2.45, 2.75) is 38.2 Å². The summed E-state index contributed by atoms with van der Waals surface area (Å²) < 4.78 is 4.98. The van der Waals surface area contributed by atoms with Gasteiger partial charge in [-0.15, -0.1) is 0 Å². The summed E-state index contributed by atoms with van der Waals surface area (Å²) in [7, 11) is 1.70. The molecule has 5 nitrogen and oxygen atoms in total. The molecule has 1 rings (SSSR count). The summed E-state index contributed by atoms with van der Waals surface area (Å²) in [6, 6.07) is 0. The lowest BCUT2D eigenvalue weighted by Crippen LogP contribution is -2.43.